The third kappa shape index (κ3) is 4.69. The van der Waals surface area contributed by atoms with E-state index < -0.39 is 29.9 Å². The molecule has 0 radical (unpaired) electrons. The van der Waals surface area contributed by atoms with Crippen molar-refractivity contribution < 1.29 is 19.1 Å². The predicted molar refractivity (Wildman–Crippen MR) is 68.0 cm³/mol. The summed E-state index contributed by atoms with van der Waals surface area (Å²) in [6.45, 7) is 0. The third-order valence-electron chi connectivity index (χ3n) is 2.54. The maximum Gasteiger partial charge on any atom is 0.328 e. The Kier molecular flexibility index (Phi) is 5.66. The summed E-state index contributed by atoms with van der Waals surface area (Å²) in [6, 6.07) is -2.03. The first-order valence-corrected chi connectivity index (χ1v) is 5.83. The number of hydrogen-bond acceptors (Lipinski definition) is 6. The Morgan fingerprint density at radius 3 is 2.70 bits per heavy atom. The number of primary amides is 1. The monoisotopic (exact) mass is 283 g/mol. The second-order valence-electron chi connectivity index (χ2n) is 4.14. The van der Waals surface area contributed by atoms with E-state index in [1.165, 1.54) is 19.6 Å². The highest BCUT2D eigenvalue weighted by molar-refractivity contribution is 5.90. The van der Waals surface area contributed by atoms with Crippen LogP contribution in [-0.4, -0.2) is 46.9 Å². The number of amides is 2. The molecule has 1 rings (SSSR count). The van der Waals surface area contributed by atoms with Crippen LogP contribution in [0.25, 0.3) is 0 Å². The highest BCUT2D eigenvalue weighted by Crippen LogP contribution is 2.01. The molecule has 9 nitrogen and oxygen atoms in total. The molecular formula is C11H17N5O4. The second kappa shape index (κ2) is 7.24. The fraction of sp³-hybridized carbons (Fsp3) is 0.455. The Bertz CT molecular complexity index is 473. The number of nitrogens with one attached hydrogen (secondary N) is 2. The molecule has 0 aliphatic heterocycles. The van der Waals surface area contributed by atoms with Crippen LogP contribution in [0.2, 0.25) is 0 Å². The van der Waals surface area contributed by atoms with E-state index in [1.54, 1.807) is 0 Å². The lowest BCUT2D eigenvalue weighted by molar-refractivity contribution is -0.145. The zero-order chi connectivity index (χ0) is 15.1. The highest BCUT2D eigenvalue weighted by Gasteiger charge is 2.25. The number of rotatable bonds is 7. The predicted octanol–water partition coefficient (Wildman–Crippen LogP) is -2.19. The lowest BCUT2D eigenvalue weighted by atomic mass is 10.1. The van der Waals surface area contributed by atoms with Crippen molar-refractivity contribution in [1.82, 2.24) is 15.3 Å². The van der Waals surface area contributed by atoms with Gasteiger partial charge in [-0.1, -0.05) is 0 Å². The molecule has 2 amide bonds. The highest BCUT2D eigenvalue weighted by atomic mass is 16.5. The lowest BCUT2D eigenvalue weighted by Crippen LogP contribution is -2.50. The maximum absolute atomic E-state index is 11.8. The van der Waals surface area contributed by atoms with Gasteiger partial charge in [-0.15, -0.1) is 0 Å². The number of imidazole rings is 1. The van der Waals surface area contributed by atoms with Crippen molar-refractivity contribution in [2.75, 3.05) is 7.11 Å². The number of nitrogens with two attached hydrogens (primary N) is 2. The number of carbonyl (C=O) groups is 3. The van der Waals surface area contributed by atoms with E-state index in [9.17, 15) is 14.4 Å². The summed E-state index contributed by atoms with van der Waals surface area (Å²) in [6.07, 6.45) is 2.83. The van der Waals surface area contributed by atoms with Crippen LogP contribution < -0.4 is 16.8 Å². The van der Waals surface area contributed by atoms with Crippen LogP contribution in [0.5, 0.6) is 0 Å². The van der Waals surface area contributed by atoms with Gasteiger partial charge in [0.25, 0.3) is 0 Å². The van der Waals surface area contributed by atoms with Gasteiger partial charge in [0.1, 0.15) is 6.04 Å². The van der Waals surface area contributed by atoms with E-state index in [2.05, 4.69) is 20.0 Å². The molecule has 0 bridgehead atoms. The second-order valence-corrected chi connectivity index (χ2v) is 4.14. The summed E-state index contributed by atoms with van der Waals surface area (Å²) in [5.41, 5.74) is 11.1. The maximum atomic E-state index is 11.8. The number of ether oxygens (including phenoxy) is 1. The van der Waals surface area contributed by atoms with Crippen molar-refractivity contribution in [3.63, 3.8) is 0 Å². The van der Waals surface area contributed by atoms with E-state index in [4.69, 9.17) is 11.5 Å². The van der Waals surface area contributed by atoms with Gasteiger partial charge in [0.15, 0.2) is 0 Å². The first-order chi connectivity index (χ1) is 9.43. The molecular weight excluding hydrogens is 266 g/mol. The minimum Gasteiger partial charge on any atom is -0.467 e. The van der Waals surface area contributed by atoms with E-state index in [0.29, 0.717) is 5.69 Å². The van der Waals surface area contributed by atoms with Crippen LogP contribution in [0.15, 0.2) is 12.5 Å². The summed E-state index contributed by atoms with van der Waals surface area (Å²) in [4.78, 5) is 40.7. The summed E-state index contributed by atoms with van der Waals surface area (Å²) in [5.74, 6) is -1.98. The molecule has 6 N–H and O–H groups in total. The number of methoxy groups -OCH3 is 1. The molecule has 0 aromatic carbocycles. The van der Waals surface area contributed by atoms with Gasteiger partial charge in [-0.2, -0.15) is 0 Å². The smallest absolute Gasteiger partial charge is 0.328 e. The summed E-state index contributed by atoms with van der Waals surface area (Å²) < 4.78 is 4.60. The fourth-order valence-corrected chi connectivity index (χ4v) is 1.54. The van der Waals surface area contributed by atoms with Crippen molar-refractivity contribution in [2.45, 2.75) is 24.9 Å². The van der Waals surface area contributed by atoms with Gasteiger partial charge in [0.2, 0.25) is 11.8 Å². The molecule has 0 aliphatic rings. The van der Waals surface area contributed by atoms with Gasteiger partial charge in [0, 0.05) is 18.3 Å². The van der Waals surface area contributed by atoms with Crippen molar-refractivity contribution in [1.29, 1.82) is 0 Å². The van der Waals surface area contributed by atoms with Gasteiger partial charge in [0.05, 0.1) is 25.9 Å². The standard InChI is InChI=1S/C11H17N5O4/c1-20-11(19)8(2-6-4-14-5-15-6)16-10(18)7(12)3-9(13)17/h4-5,7-8H,2-3,12H2,1H3,(H2,13,17)(H,14,15)(H,16,18)/t7-,8+/m0/s1. The molecule has 2 atom stereocenters. The zero-order valence-electron chi connectivity index (χ0n) is 11.0. The molecule has 0 saturated heterocycles. The van der Waals surface area contributed by atoms with Crippen molar-refractivity contribution in [3.8, 4) is 0 Å². The summed E-state index contributed by atoms with van der Waals surface area (Å²) in [5, 5.41) is 2.42. The Morgan fingerprint density at radius 1 is 1.50 bits per heavy atom. The van der Waals surface area contributed by atoms with Crippen LogP contribution in [-0.2, 0) is 25.5 Å². The van der Waals surface area contributed by atoms with Gasteiger partial charge >= 0.3 is 5.97 Å². The first kappa shape index (κ1) is 15.6. The normalized spacial score (nSPS) is 13.3. The summed E-state index contributed by atoms with van der Waals surface area (Å²) in [7, 11) is 1.21. The van der Waals surface area contributed by atoms with Crippen LogP contribution in [0.4, 0.5) is 0 Å². The molecule has 9 heteroatoms. The van der Waals surface area contributed by atoms with Crippen molar-refractivity contribution in [2.24, 2.45) is 11.5 Å². The van der Waals surface area contributed by atoms with Gasteiger partial charge in [-0.05, 0) is 0 Å². The SMILES string of the molecule is COC(=O)[C@@H](Cc1cnc[nH]1)NC(=O)[C@@H](N)CC(N)=O. The topological polar surface area (TPSA) is 153 Å². The van der Waals surface area contributed by atoms with E-state index in [0.717, 1.165) is 0 Å². The van der Waals surface area contributed by atoms with Crippen LogP contribution in [0.1, 0.15) is 12.1 Å². The zero-order valence-corrected chi connectivity index (χ0v) is 11.0. The molecule has 0 unspecified atom stereocenters. The van der Waals surface area contributed by atoms with Crippen molar-refractivity contribution >= 4 is 17.8 Å². The first-order valence-electron chi connectivity index (χ1n) is 5.83. The van der Waals surface area contributed by atoms with Crippen LogP contribution in [0.3, 0.4) is 0 Å². The molecule has 1 aromatic rings. The fourth-order valence-electron chi connectivity index (χ4n) is 1.54. The number of hydrogen-bond donors (Lipinski definition) is 4. The molecule has 0 fully saturated rings. The Morgan fingerprint density at radius 2 is 2.20 bits per heavy atom. The Labute approximate surface area is 115 Å². The lowest BCUT2D eigenvalue weighted by Gasteiger charge is -2.18. The molecule has 1 heterocycles. The number of aromatic amines is 1. The minimum atomic E-state index is -1.11. The average molecular weight is 283 g/mol. The molecule has 20 heavy (non-hydrogen) atoms. The minimum absolute atomic E-state index is 0.168. The van der Waals surface area contributed by atoms with E-state index in [-0.39, 0.29) is 12.8 Å². The molecule has 0 aliphatic carbocycles. The number of esters is 1. The van der Waals surface area contributed by atoms with Crippen LogP contribution in [0, 0.1) is 0 Å². The van der Waals surface area contributed by atoms with Crippen LogP contribution >= 0.6 is 0 Å². The Hall–Kier alpha value is -2.42. The van der Waals surface area contributed by atoms with Crippen molar-refractivity contribution in [3.05, 3.63) is 18.2 Å². The third-order valence-corrected chi connectivity index (χ3v) is 2.54. The number of H-pyrrole nitrogens is 1. The number of carbonyl (C=O) groups excluding carboxylic acids is 3. The Balaban J connectivity index is 2.67. The number of nitrogens with zero attached hydrogens (tertiary/aromatic N) is 1. The molecule has 1 aromatic heterocycles. The quantitative estimate of drug-likeness (QED) is 0.417. The average Bonchev–Trinajstić information content (AvgIpc) is 2.89. The molecule has 0 saturated carbocycles. The summed E-state index contributed by atoms with van der Waals surface area (Å²) >= 11 is 0. The molecule has 0 spiro atoms. The number of aromatic nitrogens is 2. The molecule has 110 valence electrons. The van der Waals surface area contributed by atoms with E-state index >= 15 is 0 Å². The van der Waals surface area contributed by atoms with Gasteiger partial charge < -0.3 is 26.5 Å². The van der Waals surface area contributed by atoms with E-state index in [1.807, 2.05) is 0 Å². The van der Waals surface area contributed by atoms with Gasteiger partial charge in [-0.3, -0.25) is 9.59 Å². The largest absolute Gasteiger partial charge is 0.467 e. The van der Waals surface area contributed by atoms with Gasteiger partial charge in [-0.25, -0.2) is 9.78 Å².